The number of para-hydroxylation sites is 1. The number of hydrogen-bond acceptors (Lipinski definition) is 8. The molecule has 3 aromatic carbocycles. The summed E-state index contributed by atoms with van der Waals surface area (Å²) < 4.78 is 6.44. The van der Waals surface area contributed by atoms with E-state index >= 15 is 0 Å². The number of carbonyl (C=O) groups excluding carboxylic acids is 4. The van der Waals surface area contributed by atoms with Crippen LogP contribution in [-0.2, 0) is 29.7 Å². The van der Waals surface area contributed by atoms with E-state index in [2.05, 4.69) is 16.4 Å². The van der Waals surface area contributed by atoms with Crippen molar-refractivity contribution in [1.29, 1.82) is 0 Å². The smallest absolute Gasteiger partial charge is 0.776 e. The van der Waals surface area contributed by atoms with Gasteiger partial charge in [0.05, 0.1) is 18.6 Å². The molecular formula is C36H40N6NaO7P. The molecule has 3 heterocycles. The number of hydrogen-bond donors (Lipinski definition) is 2. The second-order valence-electron chi connectivity index (χ2n) is 12.1. The molecule has 4 amide bonds. The van der Waals surface area contributed by atoms with Gasteiger partial charge in [-0.05, 0) is 37.1 Å². The van der Waals surface area contributed by atoms with Crippen molar-refractivity contribution in [1.82, 2.24) is 29.7 Å². The fraction of sp³-hybridized carbons (Fsp3) is 0.278. The number of aryl methyl sites for hydroxylation is 2. The number of amides is 4. The first-order valence-corrected chi connectivity index (χ1v) is 17.1. The molecule has 13 nitrogen and oxygen atoms in total. The molecule has 2 saturated heterocycles. The Morgan fingerprint density at radius 1 is 1.04 bits per heavy atom. The minimum atomic E-state index is -2.54. The third-order valence-corrected chi connectivity index (χ3v) is 8.86. The molecule has 0 aliphatic carbocycles. The molecule has 262 valence electrons. The summed E-state index contributed by atoms with van der Waals surface area (Å²) in [6.45, 7) is 8.19. The fourth-order valence-corrected chi connectivity index (χ4v) is 6.45. The summed E-state index contributed by atoms with van der Waals surface area (Å²) in [6, 6.07) is 21.9. The Morgan fingerprint density at radius 3 is 2.39 bits per heavy atom. The van der Waals surface area contributed by atoms with Gasteiger partial charge in [0.25, 0.3) is 0 Å². The van der Waals surface area contributed by atoms with Gasteiger partial charge in [0.1, 0.15) is 27.1 Å². The Labute approximate surface area is 320 Å². The molecule has 2 aliphatic rings. The number of hydrazine groups is 1. The Hall–Kier alpha value is -4.07. The van der Waals surface area contributed by atoms with E-state index in [1.165, 1.54) is 11.8 Å². The number of nitrogens with one attached hydrogen (secondary N) is 1. The first-order chi connectivity index (χ1) is 24.0. The molecule has 0 radical (unpaired) electrons. The van der Waals surface area contributed by atoms with Gasteiger partial charge in [-0.15, -0.1) is 6.58 Å². The zero-order chi connectivity index (χ0) is 35.9. The summed E-state index contributed by atoms with van der Waals surface area (Å²) in [5, 5.41) is 7.01. The van der Waals surface area contributed by atoms with Crippen LogP contribution in [0.15, 0.2) is 91.6 Å². The number of rotatable bonds is 9. The van der Waals surface area contributed by atoms with E-state index in [-0.39, 0.29) is 79.4 Å². The number of benzene rings is 3. The molecule has 2 aliphatic heterocycles. The van der Waals surface area contributed by atoms with Crippen LogP contribution in [0.4, 0.5) is 4.79 Å². The number of urea groups is 1. The number of aromatic nitrogens is 1. The summed E-state index contributed by atoms with van der Waals surface area (Å²) in [6.07, 6.45) is 2.79. The largest absolute Gasteiger partial charge is 1.00 e. The summed E-state index contributed by atoms with van der Waals surface area (Å²) in [7, 11) is -0.658. The first kappa shape index (κ1) is 39.7. The average Bonchev–Trinajstić information content (AvgIpc) is 3.44. The monoisotopic (exact) mass is 722 g/mol. The molecule has 0 saturated carbocycles. The van der Waals surface area contributed by atoms with Crippen molar-refractivity contribution in [2.75, 3.05) is 26.2 Å². The van der Waals surface area contributed by atoms with Crippen LogP contribution < -0.4 is 44.3 Å². The van der Waals surface area contributed by atoms with Crippen LogP contribution in [0.5, 0.6) is 5.75 Å². The molecule has 0 spiro atoms. The van der Waals surface area contributed by atoms with E-state index < -0.39 is 14.8 Å². The number of ketones is 1. The third kappa shape index (κ3) is 9.63. The van der Waals surface area contributed by atoms with E-state index in [0.717, 1.165) is 27.6 Å². The maximum absolute atomic E-state index is 13.5. The molecule has 2 fully saturated rings. The second kappa shape index (κ2) is 17.9. The van der Waals surface area contributed by atoms with Gasteiger partial charge in [-0.3, -0.25) is 14.4 Å². The van der Waals surface area contributed by atoms with Gasteiger partial charge < -0.3 is 34.0 Å². The van der Waals surface area contributed by atoms with Gasteiger partial charge in [0.15, 0.2) is 5.78 Å². The number of piperazine rings is 1. The van der Waals surface area contributed by atoms with Crippen molar-refractivity contribution >= 4 is 43.1 Å². The van der Waals surface area contributed by atoms with E-state index in [0.29, 0.717) is 24.4 Å². The maximum atomic E-state index is 13.5. The number of nitrogens with zero attached hydrogens (tertiary/aromatic N) is 5. The van der Waals surface area contributed by atoms with Crippen LogP contribution >= 0.6 is 8.60 Å². The van der Waals surface area contributed by atoms with Crippen molar-refractivity contribution in [2.24, 2.45) is 7.05 Å². The predicted molar refractivity (Wildman–Crippen MR) is 187 cm³/mol. The zero-order valence-electron chi connectivity index (χ0n) is 29.2. The summed E-state index contributed by atoms with van der Waals surface area (Å²) in [5.41, 5.74) is 4.43. The van der Waals surface area contributed by atoms with Gasteiger partial charge >= 0.3 is 35.6 Å². The van der Waals surface area contributed by atoms with Crippen molar-refractivity contribution in [3.05, 3.63) is 114 Å². The van der Waals surface area contributed by atoms with Gasteiger partial charge in [-0.25, -0.2) is 14.8 Å². The molecule has 0 bridgehead atoms. The number of Topliss-reactive ketones (excluding diaryl/α,β-unsaturated/α-hetero) is 1. The molecular weight excluding hydrogens is 682 g/mol. The van der Waals surface area contributed by atoms with Crippen LogP contribution in [0.3, 0.4) is 0 Å². The van der Waals surface area contributed by atoms with Crippen LogP contribution in [0.2, 0.25) is 0 Å². The van der Waals surface area contributed by atoms with Crippen LogP contribution in [0.25, 0.3) is 10.9 Å². The normalized spacial score (nSPS) is 16.4. The molecule has 4 aromatic rings. The van der Waals surface area contributed by atoms with Crippen LogP contribution in [0.1, 0.15) is 34.0 Å². The van der Waals surface area contributed by atoms with Crippen molar-refractivity contribution < 1.29 is 63.0 Å². The van der Waals surface area contributed by atoms with Gasteiger partial charge in [0, 0.05) is 43.8 Å². The molecule has 6 rings (SSSR count). The van der Waals surface area contributed by atoms with E-state index in [9.17, 15) is 24.1 Å². The van der Waals surface area contributed by atoms with Crippen molar-refractivity contribution in [2.45, 2.75) is 33.1 Å². The van der Waals surface area contributed by atoms with Crippen molar-refractivity contribution in [3.8, 4) is 5.75 Å². The van der Waals surface area contributed by atoms with Crippen LogP contribution in [0, 0.1) is 6.92 Å². The topological polar surface area (TPSA) is 151 Å². The number of fused-ring (bicyclic) bond motifs is 2. The minimum Gasteiger partial charge on any atom is -0.776 e. The molecule has 1 aromatic heterocycles. The van der Waals surface area contributed by atoms with E-state index in [1.54, 1.807) is 33.1 Å². The Bertz CT molecular complexity index is 1870. The first-order valence-electron chi connectivity index (χ1n) is 16.0. The summed E-state index contributed by atoms with van der Waals surface area (Å²) >= 11 is 0. The van der Waals surface area contributed by atoms with Crippen molar-refractivity contribution in [3.63, 3.8) is 0 Å². The molecule has 2 atom stereocenters. The standard InChI is InChI=1S/C29H32N6O4.C7H8O3P.Na/c1-4-13-33-18-27(38)34-19-26(37)32(15-22-11-8-12-23-24(20(2)36)16-31(3)28(22)23)17-25(34)35(33)29(39)30-14-21-9-6-5-7-10-21;1-6-2-4-7(5-3-6)10-11(8)9;/h4-12,16,25H,1,13-15,17-19H2,2-3H3,(H,30,39);2-5,8H,1H3;/q;-1;+1. The zero-order valence-corrected chi connectivity index (χ0v) is 32.1. The molecule has 2 unspecified atom stereocenters. The summed E-state index contributed by atoms with van der Waals surface area (Å²) in [5.74, 6) is -0.0150. The fourth-order valence-electron chi connectivity index (χ4n) is 6.15. The molecule has 51 heavy (non-hydrogen) atoms. The molecule has 2 N–H and O–H groups in total. The predicted octanol–water partition coefficient (Wildman–Crippen LogP) is 0.464. The SMILES string of the molecule is C=CCN1CC(=O)N2CC(=O)N(Cc3cccc4c(C(C)=O)cn(C)c34)CC2N1C(=O)NCc1ccccc1.Cc1ccc(OP([O-])O)cc1.[Na+]. The van der Waals surface area contributed by atoms with E-state index in [4.69, 9.17) is 4.89 Å². The van der Waals surface area contributed by atoms with Gasteiger partial charge in [0.2, 0.25) is 11.8 Å². The van der Waals surface area contributed by atoms with Crippen LogP contribution in [-0.4, -0.2) is 85.3 Å². The third-order valence-electron chi connectivity index (χ3n) is 8.49. The number of carbonyl (C=O) groups is 4. The minimum absolute atomic E-state index is 0. The quantitative estimate of drug-likeness (QED) is 0.110. The Balaban J connectivity index is 0.000000417. The second-order valence-corrected chi connectivity index (χ2v) is 12.7. The Morgan fingerprint density at radius 2 is 1.75 bits per heavy atom. The average molecular weight is 723 g/mol. The maximum Gasteiger partial charge on any atom is 1.00 e. The van der Waals surface area contributed by atoms with Gasteiger partial charge in [-0.1, -0.05) is 72.3 Å². The Kier molecular flexibility index (Phi) is 14.0. The van der Waals surface area contributed by atoms with Gasteiger partial charge in [-0.2, -0.15) is 0 Å². The summed E-state index contributed by atoms with van der Waals surface area (Å²) in [4.78, 5) is 73.7. The molecule has 15 heteroatoms. The van der Waals surface area contributed by atoms with E-state index in [1.807, 2.05) is 85.4 Å².